The van der Waals surface area contributed by atoms with Crippen molar-refractivity contribution in [3.8, 4) is 0 Å². The molecule has 0 heterocycles. The molecule has 1 aromatic carbocycles. The Balaban J connectivity index is 2.29. The van der Waals surface area contributed by atoms with E-state index in [4.69, 9.17) is 11.6 Å². The van der Waals surface area contributed by atoms with Crippen LogP contribution in [0.1, 0.15) is 38.2 Å². The second-order valence-corrected chi connectivity index (χ2v) is 4.33. The second-order valence-electron chi connectivity index (χ2n) is 3.93. The van der Waals surface area contributed by atoms with Gasteiger partial charge in [0.2, 0.25) is 0 Å². The van der Waals surface area contributed by atoms with Gasteiger partial charge >= 0.3 is 0 Å². The molecule has 0 aliphatic rings. The SMILES string of the molecule is CCCC(O)CCCc1ccccc1Cl. The summed E-state index contributed by atoms with van der Waals surface area (Å²) in [7, 11) is 0. The normalized spacial score (nSPS) is 12.7. The summed E-state index contributed by atoms with van der Waals surface area (Å²) in [5.74, 6) is 0. The topological polar surface area (TPSA) is 20.2 Å². The Kier molecular flexibility index (Phi) is 5.74. The predicted molar refractivity (Wildman–Crippen MR) is 65.3 cm³/mol. The van der Waals surface area contributed by atoms with Gasteiger partial charge in [0.25, 0.3) is 0 Å². The molecule has 0 spiro atoms. The number of rotatable bonds is 6. The molecule has 0 radical (unpaired) electrons. The summed E-state index contributed by atoms with van der Waals surface area (Å²) >= 11 is 6.04. The van der Waals surface area contributed by atoms with E-state index in [0.717, 1.165) is 37.1 Å². The zero-order valence-corrected chi connectivity index (χ0v) is 10.0. The Morgan fingerprint density at radius 3 is 2.67 bits per heavy atom. The molecule has 0 aromatic heterocycles. The third-order valence-corrected chi connectivity index (χ3v) is 2.93. The fraction of sp³-hybridized carbons (Fsp3) is 0.538. The first-order chi connectivity index (χ1) is 7.24. The maximum absolute atomic E-state index is 9.56. The number of aliphatic hydroxyl groups excluding tert-OH is 1. The van der Waals surface area contributed by atoms with E-state index in [1.807, 2.05) is 18.2 Å². The fourth-order valence-electron chi connectivity index (χ4n) is 1.71. The smallest absolute Gasteiger partial charge is 0.0540 e. The molecule has 0 amide bonds. The van der Waals surface area contributed by atoms with E-state index in [1.54, 1.807) is 0 Å². The van der Waals surface area contributed by atoms with Crippen LogP contribution < -0.4 is 0 Å². The van der Waals surface area contributed by atoms with Crippen LogP contribution in [0, 0.1) is 0 Å². The van der Waals surface area contributed by atoms with Crippen molar-refractivity contribution < 1.29 is 5.11 Å². The summed E-state index contributed by atoms with van der Waals surface area (Å²) in [6, 6.07) is 7.91. The van der Waals surface area contributed by atoms with Crippen molar-refractivity contribution in [3.05, 3.63) is 34.9 Å². The molecule has 0 saturated carbocycles. The maximum Gasteiger partial charge on any atom is 0.0540 e. The van der Waals surface area contributed by atoms with Crippen LogP contribution in [-0.2, 0) is 6.42 Å². The number of hydrogen-bond donors (Lipinski definition) is 1. The first-order valence-corrected chi connectivity index (χ1v) is 6.03. The van der Waals surface area contributed by atoms with Crippen molar-refractivity contribution in [1.82, 2.24) is 0 Å². The van der Waals surface area contributed by atoms with E-state index < -0.39 is 0 Å². The summed E-state index contributed by atoms with van der Waals surface area (Å²) in [5.41, 5.74) is 1.18. The summed E-state index contributed by atoms with van der Waals surface area (Å²) in [4.78, 5) is 0. The van der Waals surface area contributed by atoms with E-state index in [9.17, 15) is 5.11 Å². The molecule has 1 nitrogen and oxygen atoms in total. The van der Waals surface area contributed by atoms with Gasteiger partial charge < -0.3 is 5.11 Å². The van der Waals surface area contributed by atoms with Gasteiger partial charge in [0, 0.05) is 5.02 Å². The molecule has 0 aliphatic heterocycles. The number of halogens is 1. The quantitative estimate of drug-likeness (QED) is 0.782. The average molecular weight is 227 g/mol. The van der Waals surface area contributed by atoms with Crippen molar-refractivity contribution in [2.45, 2.75) is 45.1 Å². The Morgan fingerprint density at radius 2 is 2.00 bits per heavy atom. The number of hydrogen-bond acceptors (Lipinski definition) is 1. The minimum absolute atomic E-state index is 0.141. The van der Waals surface area contributed by atoms with Crippen LogP contribution in [0.15, 0.2) is 24.3 Å². The highest BCUT2D eigenvalue weighted by molar-refractivity contribution is 6.31. The highest BCUT2D eigenvalue weighted by Crippen LogP contribution is 2.18. The molecule has 2 heteroatoms. The monoisotopic (exact) mass is 226 g/mol. The van der Waals surface area contributed by atoms with Crippen molar-refractivity contribution in [1.29, 1.82) is 0 Å². The van der Waals surface area contributed by atoms with Gasteiger partial charge in [0.05, 0.1) is 6.10 Å². The van der Waals surface area contributed by atoms with Gasteiger partial charge in [-0.05, 0) is 37.3 Å². The number of benzene rings is 1. The lowest BCUT2D eigenvalue weighted by atomic mass is 10.0. The number of aliphatic hydroxyl groups is 1. The molecule has 0 aliphatic carbocycles. The number of aryl methyl sites for hydroxylation is 1. The van der Waals surface area contributed by atoms with Gasteiger partial charge in [-0.15, -0.1) is 0 Å². The lowest BCUT2D eigenvalue weighted by Crippen LogP contribution is -2.05. The van der Waals surface area contributed by atoms with Gasteiger partial charge in [-0.25, -0.2) is 0 Å². The zero-order valence-electron chi connectivity index (χ0n) is 9.25. The predicted octanol–water partition coefficient (Wildman–Crippen LogP) is 3.82. The summed E-state index contributed by atoms with van der Waals surface area (Å²) < 4.78 is 0. The molecular weight excluding hydrogens is 208 g/mol. The molecule has 1 rings (SSSR count). The summed E-state index contributed by atoms with van der Waals surface area (Å²) in [6.45, 7) is 2.09. The highest BCUT2D eigenvalue weighted by Gasteiger charge is 2.03. The first kappa shape index (κ1) is 12.5. The molecule has 0 bridgehead atoms. The van der Waals surface area contributed by atoms with E-state index in [2.05, 4.69) is 13.0 Å². The Bertz CT molecular complexity index is 286. The summed E-state index contributed by atoms with van der Waals surface area (Å²) in [5, 5.41) is 10.4. The molecule has 1 aromatic rings. The molecule has 0 fully saturated rings. The molecule has 0 saturated heterocycles. The molecule has 1 atom stereocenters. The zero-order chi connectivity index (χ0) is 11.1. The van der Waals surface area contributed by atoms with Crippen LogP contribution in [-0.4, -0.2) is 11.2 Å². The van der Waals surface area contributed by atoms with E-state index in [0.29, 0.717) is 0 Å². The van der Waals surface area contributed by atoms with Gasteiger partial charge in [0.15, 0.2) is 0 Å². The molecule has 84 valence electrons. The Labute approximate surface area is 97.1 Å². The van der Waals surface area contributed by atoms with Crippen LogP contribution in [0.2, 0.25) is 5.02 Å². The minimum atomic E-state index is -0.141. The Hall–Kier alpha value is -0.530. The third kappa shape index (κ3) is 4.67. The van der Waals surface area contributed by atoms with Crippen molar-refractivity contribution >= 4 is 11.6 Å². The summed E-state index contributed by atoms with van der Waals surface area (Å²) in [6.07, 6.45) is 4.65. The van der Waals surface area contributed by atoms with Gasteiger partial charge in [-0.1, -0.05) is 43.1 Å². The lowest BCUT2D eigenvalue weighted by Gasteiger charge is -2.09. The maximum atomic E-state index is 9.56. The van der Waals surface area contributed by atoms with Crippen molar-refractivity contribution in [2.75, 3.05) is 0 Å². The molecular formula is C13H19ClO. The van der Waals surface area contributed by atoms with Crippen molar-refractivity contribution in [2.24, 2.45) is 0 Å². The third-order valence-electron chi connectivity index (χ3n) is 2.56. The lowest BCUT2D eigenvalue weighted by molar-refractivity contribution is 0.151. The van der Waals surface area contributed by atoms with Gasteiger partial charge in [-0.3, -0.25) is 0 Å². The highest BCUT2D eigenvalue weighted by atomic mass is 35.5. The average Bonchev–Trinajstić information content (AvgIpc) is 2.21. The molecule has 1 unspecified atom stereocenters. The Morgan fingerprint density at radius 1 is 1.27 bits per heavy atom. The second kappa shape index (κ2) is 6.86. The van der Waals surface area contributed by atoms with E-state index in [-0.39, 0.29) is 6.10 Å². The standard InChI is InChI=1S/C13H19ClO/c1-2-6-12(15)9-5-8-11-7-3-4-10-13(11)14/h3-4,7,10,12,15H,2,5-6,8-9H2,1H3. The molecule has 1 N–H and O–H groups in total. The van der Waals surface area contributed by atoms with Crippen LogP contribution in [0.4, 0.5) is 0 Å². The van der Waals surface area contributed by atoms with Gasteiger partial charge in [0.1, 0.15) is 0 Å². The van der Waals surface area contributed by atoms with Crippen LogP contribution in [0.25, 0.3) is 0 Å². The first-order valence-electron chi connectivity index (χ1n) is 5.65. The van der Waals surface area contributed by atoms with Crippen LogP contribution in [0.3, 0.4) is 0 Å². The largest absolute Gasteiger partial charge is 0.393 e. The fourth-order valence-corrected chi connectivity index (χ4v) is 1.94. The van der Waals surface area contributed by atoms with E-state index >= 15 is 0 Å². The molecule has 15 heavy (non-hydrogen) atoms. The van der Waals surface area contributed by atoms with E-state index in [1.165, 1.54) is 5.56 Å². The van der Waals surface area contributed by atoms with Crippen LogP contribution >= 0.6 is 11.6 Å². The van der Waals surface area contributed by atoms with Crippen LogP contribution in [0.5, 0.6) is 0 Å². The minimum Gasteiger partial charge on any atom is -0.393 e. The van der Waals surface area contributed by atoms with Crippen molar-refractivity contribution in [3.63, 3.8) is 0 Å². The van der Waals surface area contributed by atoms with Gasteiger partial charge in [-0.2, -0.15) is 0 Å².